The van der Waals surface area contributed by atoms with Crippen LogP contribution in [0.1, 0.15) is 33.1 Å². The largest absolute Gasteiger partial charge is 0.396 e. The summed E-state index contributed by atoms with van der Waals surface area (Å²) in [5, 5.41) is 9.13. The second-order valence-electron chi connectivity index (χ2n) is 3.46. The van der Waals surface area contributed by atoms with Crippen molar-refractivity contribution < 1.29 is 5.11 Å². The molecule has 0 bridgehead atoms. The summed E-state index contributed by atoms with van der Waals surface area (Å²) in [6.45, 7) is 4.68. The van der Waals surface area contributed by atoms with Crippen LogP contribution in [0.4, 0.5) is 0 Å². The van der Waals surface area contributed by atoms with Crippen LogP contribution >= 0.6 is 11.8 Å². The Morgan fingerprint density at radius 1 is 1.36 bits per heavy atom. The van der Waals surface area contributed by atoms with Crippen LogP contribution in [-0.2, 0) is 0 Å². The summed E-state index contributed by atoms with van der Waals surface area (Å²) in [5.41, 5.74) is 0.178. The van der Waals surface area contributed by atoms with Crippen LogP contribution in [-0.4, -0.2) is 23.7 Å². The van der Waals surface area contributed by atoms with E-state index in [0.29, 0.717) is 6.61 Å². The Kier molecular flexibility index (Phi) is 6.06. The Hall–Kier alpha value is 0.310. The first-order valence-corrected chi connectivity index (χ1v) is 5.67. The third-order valence-corrected chi connectivity index (χ3v) is 2.76. The maximum absolute atomic E-state index is 9.13. The molecule has 11 heavy (non-hydrogen) atoms. The van der Waals surface area contributed by atoms with Crippen LogP contribution in [0.25, 0.3) is 0 Å². The third kappa shape index (κ3) is 4.70. The molecule has 0 spiro atoms. The van der Waals surface area contributed by atoms with Gasteiger partial charge in [-0.25, -0.2) is 0 Å². The molecule has 0 saturated carbocycles. The van der Waals surface area contributed by atoms with Gasteiger partial charge < -0.3 is 5.11 Å². The molecule has 1 atom stereocenters. The summed E-state index contributed by atoms with van der Waals surface area (Å²) in [6.07, 6.45) is 5.57. The average molecular weight is 176 g/mol. The van der Waals surface area contributed by atoms with Crippen molar-refractivity contribution in [1.82, 2.24) is 0 Å². The van der Waals surface area contributed by atoms with Gasteiger partial charge in [-0.05, 0) is 30.3 Å². The second kappa shape index (κ2) is 5.90. The van der Waals surface area contributed by atoms with Crippen LogP contribution in [0.2, 0.25) is 0 Å². The van der Waals surface area contributed by atoms with Gasteiger partial charge in [0.15, 0.2) is 0 Å². The molecule has 0 aromatic heterocycles. The first kappa shape index (κ1) is 11.3. The standard InChI is InChI=1S/C9H20OS/c1-4-5-9(2,8-10)6-7-11-3/h10H,4-8H2,1-3H3. The van der Waals surface area contributed by atoms with Gasteiger partial charge in [-0.15, -0.1) is 0 Å². The molecule has 0 rings (SSSR count). The van der Waals surface area contributed by atoms with Gasteiger partial charge >= 0.3 is 0 Å². The summed E-state index contributed by atoms with van der Waals surface area (Å²) >= 11 is 1.86. The van der Waals surface area contributed by atoms with Gasteiger partial charge in [-0.2, -0.15) is 11.8 Å². The maximum Gasteiger partial charge on any atom is 0.0485 e. The van der Waals surface area contributed by atoms with Crippen molar-refractivity contribution in [2.24, 2.45) is 5.41 Å². The molecule has 1 N–H and O–H groups in total. The predicted octanol–water partition coefficient (Wildman–Crippen LogP) is 2.54. The molecule has 0 aromatic rings. The van der Waals surface area contributed by atoms with Crippen molar-refractivity contribution >= 4 is 11.8 Å². The van der Waals surface area contributed by atoms with Crippen LogP contribution in [0, 0.1) is 5.41 Å². The molecule has 1 nitrogen and oxygen atoms in total. The minimum Gasteiger partial charge on any atom is -0.396 e. The highest BCUT2D eigenvalue weighted by Gasteiger charge is 2.20. The lowest BCUT2D eigenvalue weighted by Crippen LogP contribution is -2.21. The molecule has 2 heteroatoms. The molecular weight excluding hydrogens is 156 g/mol. The predicted molar refractivity (Wildman–Crippen MR) is 53.1 cm³/mol. The Morgan fingerprint density at radius 2 is 2.00 bits per heavy atom. The van der Waals surface area contributed by atoms with E-state index in [4.69, 9.17) is 5.11 Å². The van der Waals surface area contributed by atoms with Crippen molar-refractivity contribution in [3.63, 3.8) is 0 Å². The molecule has 0 aromatic carbocycles. The average Bonchev–Trinajstić information content (AvgIpc) is 2.02. The Bertz CT molecular complexity index is 95.6. The number of hydrogen-bond acceptors (Lipinski definition) is 2. The van der Waals surface area contributed by atoms with Crippen LogP contribution in [0.15, 0.2) is 0 Å². The highest BCUT2D eigenvalue weighted by atomic mass is 32.2. The summed E-state index contributed by atoms with van der Waals surface area (Å²) in [7, 11) is 0. The third-order valence-electron chi connectivity index (χ3n) is 2.15. The number of rotatable bonds is 6. The van der Waals surface area contributed by atoms with Gasteiger partial charge in [0.25, 0.3) is 0 Å². The van der Waals surface area contributed by atoms with E-state index < -0.39 is 0 Å². The Labute approximate surface area is 74.6 Å². The molecule has 1 unspecified atom stereocenters. The van der Waals surface area contributed by atoms with E-state index >= 15 is 0 Å². The number of aliphatic hydroxyl groups excluding tert-OH is 1. The van der Waals surface area contributed by atoms with Gasteiger partial charge in [0, 0.05) is 6.61 Å². The first-order chi connectivity index (χ1) is 5.18. The Balaban J connectivity index is 3.68. The summed E-state index contributed by atoms with van der Waals surface area (Å²) < 4.78 is 0. The van der Waals surface area contributed by atoms with Crippen molar-refractivity contribution in [3.8, 4) is 0 Å². The van der Waals surface area contributed by atoms with Crippen molar-refractivity contribution in [2.75, 3.05) is 18.6 Å². The fourth-order valence-electron chi connectivity index (χ4n) is 1.24. The lowest BCUT2D eigenvalue weighted by atomic mass is 9.84. The van der Waals surface area contributed by atoms with Crippen LogP contribution in [0.3, 0.4) is 0 Å². The Morgan fingerprint density at radius 3 is 2.36 bits per heavy atom. The molecule has 0 fully saturated rings. The van der Waals surface area contributed by atoms with Gasteiger partial charge in [-0.3, -0.25) is 0 Å². The van der Waals surface area contributed by atoms with Gasteiger partial charge in [0.2, 0.25) is 0 Å². The summed E-state index contributed by atoms with van der Waals surface area (Å²) in [6, 6.07) is 0. The van der Waals surface area contributed by atoms with Gasteiger partial charge in [0.05, 0.1) is 0 Å². The van der Waals surface area contributed by atoms with E-state index in [0.717, 1.165) is 18.6 Å². The normalized spacial score (nSPS) is 16.4. The van der Waals surface area contributed by atoms with E-state index in [-0.39, 0.29) is 5.41 Å². The number of hydrogen-bond donors (Lipinski definition) is 1. The zero-order valence-electron chi connectivity index (χ0n) is 7.89. The highest BCUT2D eigenvalue weighted by Crippen LogP contribution is 2.27. The molecule has 0 saturated heterocycles. The fourth-order valence-corrected chi connectivity index (χ4v) is 1.93. The lowest BCUT2D eigenvalue weighted by Gasteiger charge is -2.26. The monoisotopic (exact) mass is 176 g/mol. The number of thioether (sulfide) groups is 1. The van der Waals surface area contributed by atoms with Crippen molar-refractivity contribution in [3.05, 3.63) is 0 Å². The fraction of sp³-hybridized carbons (Fsp3) is 1.00. The zero-order chi connectivity index (χ0) is 8.74. The van der Waals surface area contributed by atoms with Gasteiger partial charge in [0.1, 0.15) is 0 Å². The maximum atomic E-state index is 9.13. The van der Waals surface area contributed by atoms with E-state index in [1.807, 2.05) is 11.8 Å². The van der Waals surface area contributed by atoms with Crippen molar-refractivity contribution in [2.45, 2.75) is 33.1 Å². The van der Waals surface area contributed by atoms with Crippen molar-refractivity contribution in [1.29, 1.82) is 0 Å². The zero-order valence-corrected chi connectivity index (χ0v) is 8.71. The van der Waals surface area contributed by atoms with Gasteiger partial charge in [-0.1, -0.05) is 20.3 Å². The molecule has 0 amide bonds. The molecule has 0 radical (unpaired) electrons. The van der Waals surface area contributed by atoms with E-state index in [2.05, 4.69) is 20.1 Å². The molecule has 0 aliphatic heterocycles. The molecule has 68 valence electrons. The minimum atomic E-state index is 0.178. The second-order valence-corrected chi connectivity index (χ2v) is 4.45. The first-order valence-electron chi connectivity index (χ1n) is 4.28. The number of aliphatic hydroxyl groups is 1. The molecular formula is C9H20OS. The topological polar surface area (TPSA) is 20.2 Å². The lowest BCUT2D eigenvalue weighted by molar-refractivity contribution is 0.128. The van der Waals surface area contributed by atoms with E-state index in [9.17, 15) is 0 Å². The molecule has 0 aliphatic rings. The minimum absolute atomic E-state index is 0.178. The molecule has 0 aliphatic carbocycles. The molecule has 0 heterocycles. The van der Waals surface area contributed by atoms with E-state index in [1.165, 1.54) is 6.42 Å². The summed E-state index contributed by atoms with van der Waals surface area (Å²) in [4.78, 5) is 0. The highest BCUT2D eigenvalue weighted by molar-refractivity contribution is 7.98. The summed E-state index contributed by atoms with van der Waals surface area (Å²) in [5.74, 6) is 1.16. The van der Waals surface area contributed by atoms with Crippen LogP contribution < -0.4 is 0 Å². The smallest absolute Gasteiger partial charge is 0.0485 e. The van der Waals surface area contributed by atoms with Crippen LogP contribution in [0.5, 0.6) is 0 Å². The quantitative estimate of drug-likeness (QED) is 0.671. The van der Waals surface area contributed by atoms with E-state index in [1.54, 1.807) is 0 Å². The SMILES string of the molecule is CCCC(C)(CO)CCSC.